The molecule has 1 fully saturated rings. The predicted molar refractivity (Wildman–Crippen MR) is 154 cm³/mol. The van der Waals surface area contributed by atoms with Gasteiger partial charge in [-0.25, -0.2) is 0 Å². The number of fused-ring (bicyclic) bond motifs is 1. The molecule has 0 aromatic carbocycles. The van der Waals surface area contributed by atoms with Gasteiger partial charge in [0.1, 0.15) is 0 Å². The molecule has 13 heteroatoms. The van der Waals surface area contributed by atoms with E-state index in [9.17, 15) is 18.4 Å². The maximum Gasteiger partial charge on any atom is 2.00 e. The maximum absolute atomic E-state index is 12.3. The van der Waals surface area contributed by atoms with Crippen LogP contribution in [0, 0.1) is 45.5 Å². The van der Waals surface area contributed by atoms with Crippen molar-refractivity contribution in [3.63, 3.8) is 0 Å². The zero-order chi connectivity index (χ0) is 28.5. The number of H-pyrrole nitrogens is 1. The molecule has 1 aliphatic heterocycles. The van der Waals surface area contributed by atoms with E-state index in [2.05, 4.69) is 39.0 Å². The van der Waals surface area contributed by atoms with Crippen molar-refractivity contribution in [2.45, 2.75) is 38.8 Å². The van der Waals surface area contributed by atoms with E-state index in [1.54, 1.807) is 29.9 Å². The molecule has 5 heterocycles. The van der Waals surface area contributed by atoms with Crippen LogP contribution in [0.3, 0.4) is 0 Å². The normalized spacial score (nSPS) is 13.0. The van der Waals surface area contributed by atoms with Crippen molar-refractivity contribution in [2.75, 3.05) is 6.54 Å². The molecule has 3 amide bonds. The van der Waals surface area contributed by atoms with Crippen molar-refractivity contribution in [1.82, 2.24) is 25.2 Å². The third-order valence-electron chi connectivity index (χ3n) is 5.63. The van der Waals surface area contributed by atoms with Crippen LogP contribution >= 0.6 is 11.3 Å². The summed E-state index contributed by atoms with van der Waals surface area (Å²) in [4.78, 5) is 46.7. The first kappa shape index (κ1) is 37.9. The van der Waals surface area contributed by atoms with Crippen LogP contribution in [0.1, 0.15) is 30.3 Å². The number of hydrogen-bond donors (Lipinski definition) is 3. The number of carbonyl (C=O) groups excluding carboxylic acids is 3. The average molecular weight is 811 g/mol. The number of nitrogens with zero attached hydrogens (tertiary/aromatic N) is 3. The summed E-state index contributed by atoms with van der Waals surface area (Å²) < 4.78 is 19.0. The Balaban J connectivity index is 0.000000661. The molecule has 4 aromatic heterocycles. The fourth-order valence-electron chi connectivity index (χ4n) is 3.95. The van der Waals surface area contributed by atoms with Gasteiger partial charge in [-0.15, -0.1) is 11.3 Å². The van der Waals surface area contributed by atoms with Crippen LogP contribution in [0.15, 0.2) is 61.1 Å². The van der Waals surface area contributed by atoms with E-state index in [-0.39, 0.29) is 50.9 Å². The fourth-order valence-corrected chi connectivity index (χ4v) is 4.93. The van der Waals surface area contributed by atoms with E-state index in [1.165, 1.54) is 0 Å². The van der Waals surface area contributed by atoms with Crippen LogP contribution in [-0.4, -0.2) is 51.2 Å². The Bertz CT molecular complexity index is 1260. The summed E-state index contributed by atoms with van der Waals surface area (Å²) in [5.74, 6) is 0.254. The smallest absolute Gasteiger partial charge is 0.425 e. The molecule has 0 radical (unpaired) electrons. The summed E-state index contributed by atoms with van der Waals surface area (Å²) in [5, 5.41) is 3.65. The monoisotopic (exact) mass is 810 g/mol. The van der Waals surface area contributed by atoms with Crippen LogP contribution in [0.5, 0.6) is 0 Å². The molecule has 5 rings (SSSR count). The van der Waals surface area contributed by atoms with Gasteiger partial charge in [-0.1, -0.05) is 6.07 Å². The van der Waals surface area contributed by atoms with Gasteiger partial charge in [0.05, 0.1) is 23.5 Å². The predicted octanol–water partition coefficient (Wildman–Crippen LogP) is 4.77. The number of rotatable bonds is 6. The summed E-state index contributed by atoms with van der Waals surface area (Å²) in [6.45, 7) is 2.58. The van der Waals surface area contributed by atoms with Gasteiger partial charge in [0.25, 0.3) is 0 Å². The van der Waals surface area contributed by atoms with Crippen LogP contribution in [0.2, 0.25) is 0 Å². The van der Waals surface area contributed by atoms with Gasteiger partial charge in [-0.05, 0) is 63.1 Å². The van der Waals surface area contributed by atoms with Gasteiger partial charge in [0, 0.05) is 52.7 Å². The van der Waals surface area contributed by atoms with Gasteiger partial charge in [-0.3, -0.25) is 24.4 Å². The van der Waals surface area contributed by atoms with E-state index in [0.29, 0.717) is 25.4 Å². The number of likely N-dealkylation sites (tertiary alicyclic amines) is 1. The number of thiophene rings is 1. The molecule has 1 unspecified atom stereocenters. The molecular weight excluding hydrogens is 776 g/mol. The van der Waals surface area contributed by atoms with Crippen molar-refractivity contribution >= 4 is 41.0 Å². The number of primary amides is 1. The minimum absolute atomic E-state index is 0. The number of pyridine rings is 2. The van der Waals surface area contributed by atoms with Gasteiger partial charge < -0.3 is 37.1 Å². The number of carbonyl (C=O) groups is 3. The first-order valence-corrected chi connectivity index (χ1v) is 12.8. The Morgan fingerprint density at radius 3 is 2.56 bits per heavy atom. The second-order valence-corrected chi connectivity index (χ2v) is 9.38. The van der Waals surface area contributed by atoms with Gasteiger partial charge in [0.2, 0.25) is 18.7 Å². The molecule has 4 aromatic rings. The summed E-state index contributed by atoms with van der Waals surface area (Å²) in [6.07, 6.45) is 9.04. The quantitative estimate of drug-likeness (QED) is 0.191. The van der Waals surface area contributed by atoms with Crippen molar-refractivity contribution < 1.29 is 54.3 Å². The number of halogens is 2. The third kappa shape index (κ3) is 12.9. The van der Waals surface area contributed by atoms with E-state index in [1.807, 2.05) is 41.3 Å². The largest absolute Gasteiger partial charge is 2.00 e. The standard InChI is InChI=1S/C16H18N2OS.C9H9N3O.CHF2.CH3NO.CH3.U/c1-12-5-4-10-18(12)16(19)11-13-7-8-15(20-13)14-6-2-3-9-17-14;13-6-11-5-8-3-7-4-10-2-1-9(7)12-8;2*2-1-3;;/h2-3,6-9,12H,4-5,10-11H2,1H3;1-4,6,12H,5H2,(H,11,13);1H;1H,(H2,2,3);1H3;/q;;-1;;-1;+2. The molecule has 0 saturated carbocycles. The molecular formula is C28H34F2N6O3SU. The van der Waals surface area contributed by atoms with E-state index in [0.717, 1.165) is 51.4 Å². The number of aromatic amines is 1. The molecule has 9 nitrogen and oxygen atoms in total. The molecule has 1 atom stereocenters. The van der Waals surface area contributed by atoms with Crippen LogP contribution in [0.25, 0.3) is 21.5 Å². The summed E-state index contributed by atoms with van der Waals surface area (Å²) in [5.41, 5.74) is 7.17. The zero-order valence-electron chi connectivity index (χ0n) is 22.9. The minimum atomic E-state index is -1.00. The topological polar surface area (TPSA) is 134 Å². The van der Waals surface area contributed by atoms with Gasteiger partial charge in [0.15, 0.2) is 0 Å². The first-order valence-electron chi connectivity index (χ1n) is 12.0. The second kappa shape index (κ2) is 21.6. The molecule has 218 valence electrons. The molecule has 0 aliphatic carbocycles. The average Bonchev–Trinajstić information content (AvgIpc) is 3.69. The summed E-state index contributed by atoms with van der Waals surface area (Å²) in [7, 11) is 0. The minimum Gasteiger partial charge on any atom is -0.425 e. The number of amides is 3. The van der Waals surface area contributed by atoms with E-state index >= 15 is 0 Å². The van der Waals surface area contributed by atoms with Crippen molar-refractivity contribution in [3.8, 4) is 10.6 Å². The maximum atomic E-state index is 12.3. The Kier molecular flexibility index (Phi) is 19.9. The Morgan fingerprint density at radius 1 is 1.24 bits per heavy atom. The first-order chi connectivity index (χ1) is 19.0. The number of hydrogen-bond acceptors (Lipinski definition) is 6. The molecule has 1 aliphatic rings. The Morgan fingerprint density at radius 2 is 1.98 bits per heavy atom. The third-order valence-corrected chi connectivity index (χ3v) is 6.74. The summed E-state index contributed by atoms with van der Waals surface area (Å²) >= 11 is 1.66. The van der Waals surface area contributed by atoms with Crippen LogP contribution in [-0.2, 0) is 27.3 Å². The SMILES string of the molecule is CC1CCCN1C(=O)Cc1ccc(-c2ccccn2)s1.F[CH-]F.NC=O.O=CNCc1cc2cnccc2[nH]1.[CH3-].[U+2]. The number of nitrogens with two attached hydrogens (primary N) is 1. The van der Waals surface area contributed by atoms with E-state index in [4.69, 9.17) is 4.79 Å². The van der Waals surface area contributed by atoms with Gasteiger partial charge >= 0.3 is 31.1 Å². The second-order valence-electron chi connectivity index (χ2n) is 8.21. The molecule has 4 N–H and O–H groups in total. The van der Waals surface area contributed by atoms with Crippen molar-refractivity contribution in [3.05, 3.63) is 86.0 Å². The van der Waals surface area contributed by atoms with Gasteiger partial charge in [-0.2, -0.15) is 0 Å². The number of aromatic nitrogens is 3. The zero-order valence-corrected chi connectivity index (χ0v) is 27.9. The molecule has 0 bridgehead atoms. The number of nitrogens with one attached hydrogen (secondary N) is 2. The van der Waals surface area contributed by atoms with E-state index < -0.39 is 6.93 Å². The fraction of sp³-hybridized carbons (Fsp3) is 0.250. The van der Waals surface area contributed by atoms with Crippen LogP contribution in [0.4, 0.5) is 8.78 Å². The van der Waals surface area contributed by atoms with Crippen LogP contribution < -0.4 is 11.1 Å². The summed E-state index contributed by atoms with van der Waals surface area (Å²) in [6, 6.07) is 14.3. The Hall–Kier alpha value is -3.14. The molecule has 41 heavy (non-hydrogen) atoms. The molecule has 0 spiro atoms. The van der Waals surface area contributed by atoms with Crippen molar-refractivity contribution in [2.24, 2.45) is 5.73 Å². The van der Waals surface area contributed by atoms with Crippen molar-refractivity contribution in [1.29, 1.82) is 0 Å². The Labute approximate surface area is 266 Å². The molecule has 1 saturated heterocycles.